The number of ether oxygens (including phenoxy) is 1. The van der Waals surface area contributed by atoms with Gasteiger partial charge in [-0.05, 0) is 39.8 Å². The summed E-state index contributed by atoms with van der Waals surface area (Å²) in [7, 11) is 6.00. The highest BCUT2D eigenvalue weighted by Gasteiger charge is 2.28. The van der Waals surface area contributed by atoms with Gasteiger partial charge in [0.2, 0.25) is 0 Å². The van der Waals surface area contributed by atoms with E-state index in [1.165, 1.54) is 12.8 Å². The van der Waals surface area contributed by atoms with E-state index in [1.54, 1.807) is 7.11 Å². The van der Waals surface area contributed by atoms with Gasteiger partial charge in [-0.1, -0.05) is 18.2 Å². The molecule has 0 spiro atoms. The molecule has 0 saturated heterocycles. The Bertz CT molecular complexity index is 548. The van der Waals surface area contributed by atoms with Crippen molar-refractivity contribution in [1.29, 1.82) is 0 Å². The largest absolute Gasteiger partial charge is 0.496 e. The average Bonchev–Trinajstić information content (AvgIpc) is 3.43. The fourth-order valence-electron chi connectivity index (χ4n) is 2.82. The van der Waals surface area contributed by atoms with Gasteiger partial charge in [-0.3, -0.25) is 9.89 Å². The molecule has 1 saturated carbocycles. The number of nitrogens with zero attached hydrogens (tertiary/aromatic N) is 3. The summed E-state index contributed by atoms with van der Waals surface area (Å²) < 4.78 is 5.46. The topological polar surface area (TPSA) is 40.1 Å². The highest BCUT2D eigenvalue weighted by Crippen LogP contribution is 2.27. The summed E-state index contributed by atoms with van der Waals surface area (Å²) in [6.07, 6.45) is 2.66. The van der Waals surface area contributed by atoms with Crippen LogP contribution in [0.2, 0.25) is 0 Å². The molecule has 0 aromatic heterocycles. The van der Waals surface area contributed by atoms with Crippen LogP contribution in [-0.2, 0) is 6.54 Å². The smallest absolute Gasteiger partial charge is 0.194 e. The molecule has 6 heteroatoms. The molecule has 2 rings (SSSR count). The Morgan fingerprint density at radius 1 is 1.32 bits per heavy atom. The molecule has 0 heterocycles. The zero-order valence-electron chi connectivity index (χ0n) is 16.2. The normalized spacial score (nSPS) is 15.5. The van der Waals surface area contributed by atoms with Crippen molar-refractivity contribution in [2.45, 2.75) is 45.3 Å². The lowest BCUT2D eigenvalue weighted by atomic mass is 10.2. The monoisotopic (exact) mass is 460 g/mol. The molecule has 1 fully saturated rings. The van der Waals surface area contributed by atoms with E-state index in [0.29, 0.717) is 6.04 Å². The van der Waals surface area contributed by atoms with Crippen molar-refractivity contribution in [1.82, 2.24) is 15.1 Å². The standard InChI is InChI=1S/C19H32N4O.HI/c1-6-20-19(21-13-15(2)23(4)17-11-12-17)22(3)14-16-9-7-8-10-18(16)24-5;/h7-10,15,17H,6,11-14H2,1-5H3,(H,20,21);1H. The Morgan fingerprint density at radius 3 is 2.60 bits per heavy atom. The number of guanidine groups is 1. The Kier molecular flexibility index (Phi) is 9.56. The molecule has 1 aliphatic carbocycles. The number of halogens is 1. The minimum atomic E-state index is 0. The Hall–Kier alpha value is -1.02. The van der Waals surface area contributed by atoms with E-state index in [4.69, 9.17) is 9.73 Å². The number of hydrogen-bond donors (Lipinski definition) is 1. The number of benzene rings is 1. The maximum absolute atomic E-state index is 5.46. The number of methoxy groups -OCH3 is 1. The minimum Gasteiger partial charge on any atom is -0.496 e. The molecule has 0 amide bonds. The zero-order chi connectivity index (χ0) is 17.5. The first-order valence-corrected chi connectivity index (χ1v) is 8.90. The molecule has 0 bridgehead atoms. The molecule has 25 heavy (non-hydrogen) atoms. The van der Waals surface area contributed by atoms with Crippen LogP contribution in [0.4, 0.5) is 0 Å². The molecule has 5 nitrogen and oxygen atoms in total. The van der Waals surface area contributed by atoms with Crippen molar-refractivity contribution in [3.05, 3.63) is 29.8 Å². The van der Waals surface area contributed by atoms with Gasteiger partial charge in [-0.25, -0.2) is 0 Å². The number of nitrogens with one attached hydrogen (secondary N) is 1. The third-order valence-electron chi connectivity index (χ3n) is 4.62. The van der Waals surface area contributed by atoms with Crippen molar-refractivity contribution in [3.63, 3.8) is 0 Å². The van der Waals surface area contributed by atoms with Gasteiger partial charge in [0, 0.05) is 37.8 Å². The van der Waals surface area contributed by atoms with E-state index < -0.39 is 0 Å². The summed E-state index contributed by atoms with van der Waals surface area (Å²) in [6.45, 7) is 6.80. The van der Waals surface area contributed by atoms with E-state index in [2.05, 4.69) is 49.1 Å². The zero-order valence-corrected chi connectivity index (χ0v) is 18.5. The van der Waals surface area contributed by atoms with Crippen LogP contribution in [0.1, 0.15) is 32.3 Å². The number of hydrogen-bond acceptors (Lipinski definition) is 3. The molecule has 1 N–H and O–H groups in total. The maximum atomic E-state index is 5.46. The Morgan fingerprint density at radius 2 is 2.00 bits per heavy atom. The predicted octanol–water partition coefficient (Wildman–Crippen LogP) is 3.19. The van der Waals surface area contributed by atoms with Gasteiger partial charge in [0.25, 0.3) is 0 Å². The number of likely N-dealkylation sites (N-methyl/N-ethyl adjacent to an activating group) is 1. The van der Waals surface area contributed by atoms with Gasteiger partial charge in [0.1, 0.15) is 5.75 Å². The lowest BCUT2D eigenvalue weighted by Crippen LogP contribution is -2.40. The first kappa shape index (κ1) is 22.0. The third-order valence-corrected chi connectivity index (χ3v) is 4.62. The summed E-state index contributed by atoms with van der Waals surface area (Å²) in [5.74, 6) is 1.86. The lowest BCUT2D eigenvalue weighted by molar-refractivity contribution is 0.252. The Balaban J connectivity index is 0.00000312. The lowest BCUT2D eigenvalue weighted by Gasteiger charge is -2.26. The van der Waals surface area contributed by atoms with Crippen LogP contribution in [0, 0.1) is 0 Å². The summed E-state index contributed by atoms with van der Waals surface area (Å²) in [5.41, 5.74) is 1.16. The van der Waals surface area contributed by atoms with Crippen LogP contribution in [0.3, 0.4) is 0 Å². The second kappa shape index (κ2) is 10.9. The summed E-state index contributed by atoms with van der Waals surface area (Å²) in [6, 6.07) is 9.37. The SMILES string of the molecule is CCNC(=NCC(C)N(C)C1CC1)N(C)Cc1ccccc1OC.I. The van der Waals surface area contributed by atoms with Crippen LogP contribution in [0.5, 0.6) is 5.75 Å². The van der Waals surface area contributed by atoms with Gasteiger partial charge in [0.05, 0.1) is 13.7 Å². The summed E-state index contributed by atoms with van der Waals surface area (Å²) in [4.78, 5) is 9.45. The molecule has 1 unspecified atom stereocenters. The fraction of sp³-hybridized carbons (Fsp3) is 0.632. The van der Waals surface area contributed by atoms with Crippen molar-refractivity contribution in [2.75, 3.05) is 34.3 Å². The second-order valence-electron chi connectivity index (χ2n) is 6.61. The van der Waals surface area contributed by atoms with Crippen molar-refractivity contribution >= 4 is 29.9 Å². The number of aliphatic imine (C=N–C) groups is 1. The van der Waals surface area contributed by atoms with Gasteiger partial charge in [-0.2, -0.15) is 0 Å². The molecule has 1 atom stereocenters. The maximum Gasteiger partial charge on any atom is 0.194 e. The van der Waals surface area contributed by atoms with Gasteiger partial charge < -0.3 is 15.0 Å². The minimum absolute atomic E-state index is 0. The van der Waals surface area contributed by atoms with Crippen LogP contribution < -0.4 is 10.1 Å². The van der Waals surface area contributed by atoms with Crippen molar-refractivity contribution in [3.8, 4) is 5.75 Å². The van der Waals surface area contributed by atoms with E-state index in [1.807, 2.05) is 18.2 Å². The van der Waals surface area contributed by atoms with Crippen LogP contribution in [-0.4, -0.2) is 62.1 Å². The van der Waals surface area contributed by atoms with Crippen LogP contribution >= 0.6 is 24.0 Å². The average molecular weight is 460 g/mol. The first-order chi connectivity index (χ1) is 11.6. The molecular formula is C19H33IN4O. The van der Waals surface area contributed by atoms with Crippen molar-refractivity contribution < 1.29 is 4.74 Å². The summed E-state index contributed by atoms with van der Waals surface area (Å²) in [5, 5.41) is 3.40. The van der Waals surface area contributed by atoms with E-state index in [9.17, 15) is 0 Å². The summed E-state index contributed by atoms with van der Waals surface area (Å²) >= 11 is 0. The Labute approximate surface area is 169 Å². The molecule has 1 aromatic carbocycles. The fourth-order valence-corrected chi connectivity index (χ4v) is 2.82. The van der Waals surface area contributed by atoms with Gasteiger partial charge in [0.15, 0.2) is 5.96 Å². The molecule has 0 aliphatic heterocycles. The van der Waals surface area contributed by atoms with Crippen LogP contribution in [0.25, 0.3) is 0 Å². The number of para-hydroxylation sites is 1. The van der Waals surface area contributed by atoms with E-state index in [0.717, 1.165) is 42.9 Å². The predicted molar refractivity (Wildman–Crippen MR) is 116 cm³/mol. The second-order valence-corrected chi connectivity index (χ2v) is 6.61. The van der Waals surface area contributed by atoms with E-state index >= 15 is 0 Å². The van der Waals surface area contributed by atoms with Crippen LogP contribution in [0.15, 0.2) is 29.3 Å². The van der Waals surface area contributed by atoms with Gasteiger partial charge in [-0.15, -0.1) is 24.0 Å². The molecule has 1 aromatic rings. The molecule has 1 aliphatic rings. The molecule has 0 radical (unpaired) electrons. The highest BCUT2D eigenvalue weighted by molar-refractivity contribution is 14.0. The number of rotatable bonds is 8. The third kappa shape index (κ3) is 6.66. The molecule has 142 valence electrons. The quantitative estimate of drug-likeness (QED) is 0.368. The first-order valence-electron chi connectivity index (χ1n) is 8.90. The molecular weight excluding hydrogens is 427 g/mol. The van der Waals surface area contributed by atoms with E-state index in [-0.39, 0.29) is 24.0 Å². The van der Waals surface area contributed by atoms with Crippen molar-refractivity contribution in [2.24, 2.45) is 4.99 Å². The highest BCUT2D eigenvalue weighted by atomic mass is 127. The van der Waals surface area contributed by atoms with Gasteiger partial charge >= 0.3 is 0 Å².